The number of rotatable bonds is 1. The van der Waals surface area contributed by atoms with Crippen molar-refractivity contribution in [2.45, 2.75) is 6.92 Å². The summed E-state index contributed by atoms with van der Waals surface area (Å²) in [6.45, 7) is 1.08. The molecule has 0 aromatic heterocycles. The van der Waals surface area contributed by atoms with Crippen molar-refractivity contribution in [3.63, 3.8) is 0 Å². The summed E-state index contributed by atoms with van der Waals surface area (Å²) in [6, 6.07) is 0. The lowest BCUT2D eigenvalue weighted by molar-refractivity contribution is -0.134. The van der Waals surface area contributed by atoms with Gasteiger partial charge >= 0.3 is 18.3 Å². The molecule has 0 fully saturated rings. The molecule has 0 atom stereocenters. The van der Waals surface area contributed by atoms with Crippen LogP contribution in [0.15, 0.2) is 0 Å². The summed E-state index contributed by atoms with van der Waals surface area (Å²) in [5.41, 5.74) is 0. The Morgan fingerprint density at radius 3 is 1.08 bits per heavy atom. The molecule has 0 amide bonds. The van der Waals surface area contributed by atoms with Crippen LogP contribution < -0.4 is 0 Å². The Hall–Kier alpha value is -0.710. The molecule has 0 spiro atoms. The Kier molecular flexibility index (Phi) is 5.02. The first-order valence-electron chi connectivity index (χ1n) is 2.13. The lowest BCUT2D eigenvalue weighted by atomic mass is 10.9. The molecule has 8 nitrogen and oxygen atoms in total. The summed E-state index contributed by atoms with van der Waals surface area (Å²) in [4.78, 5) is 9.00. The predicted octanol–water partition coefficient (Wildman–Crippen LogP) is -1.23. The van der Waals surface area contributed by atoms with E-state index in [2.05, 4.69) is 0 Å². The van der Waals surface area contributed by atoms with Gasteiger partial charge in [-0.1, -0.05) is 0 Å². The van der Waals surface area contributed by atoms with E-state index < -0.39 is 24.3 Å². The summed E-state index contributed by atoms with van der Waals surface area (Å²) >= 11 is 0. The number of aliphatic carboxylic acids is 1. The number of hydrogen-bond donors (Lipinski definition) is 3. The average Bonchev–Trinajstić information content (AvgIpc) is 1.55. The van der Waals surface area contributed by atoms with Gasteiger partial charge in [0.1, 0.15) is 0 Å². The Bertz CT molecular complexity index is 297. The second-order valence-corrected chi connectivity index (χ2v) is 5.61. The molecular weight excluding hydrogens is 216 g/mol. The van der Waals surface area contributed by atoms with Crippen LogP contribution in [-0.2, 0) is 23.1 Å². The van der Waals surface area contributed by atoms with E-state index in [1.54, 1.807) is 0 Å². The predicted molar refractivity (Wildman–Crippen MR) is 36.4 cm³/mol. The number of carbonyl (C=O) groups is 1. The van der Waals surface area contributed by atoms with Crippen LogP contribution >= 0.6 is 0 Å². The van der Waals surface area contributed by atoms with Gasteiger partial charge in [0.25, 0.3) is 5.97 Å². The quantitative estimate of drug-likeness (QED) is 0.369. The van der Waals surface area contributed by atoms with Crippen molar-refractivity contribution in [1.29, 1.82) is 0 Å². The topological polar surface area (TPSA) is 146 Å². The van der Waals surface area contributed by atoms with E-state index in [1.165, 1.54) is 0 Å². The fourth-order valence-electron chi connectivity index (χ4n) is 0. The maximum absolute atomic E-state index is 9.37. The van der Waals surface area contributed by atoms with Crippen molar-refractivity contribution < 1.29 is 35.8 Å². The molecule has 0 bridgehead atoms. The van der Waals surface area contributed by atoms with Crippen LogP contribution in [0.25, 0.3) is 0 Å². The monoisotopic (exact) mass is 222 g/mol. The van der Waals surface area contributed by atoms with Crippen LogP contribution in [0.4, 0.5) is 0 Å². The van der Waals surface area contributed by atoms with Gasteiger partial charge in [-0.15, -0.1) is 0 Å². The van der Waals surface area contributed by atoms with Crippen LogP contribution in [0.5, 0.6) is 0 Å². The SMILES string of the molecule is CC(=O)O.O=S(=O)(O)S(=O)(=O)O. The van der Waals surface area contributed by atoms with Gasteiger partial charge in [0.15, 0.2) is 0 Å². The van der Waals surface area contributed by atoms with Gasteiger partial charge in [-0.3, -0.25) is 13.9 Å². The van der Waals surface area contributed by atoms with E-state index in [9.17, 15) is 16.8 Å². The number of carboxylic acids is 1. The molecule has 12 heavy (non-hydrogen) atoms. The maximum Gasteiger partial charge on any atom is 0.397 e. The smallest absolute Gasteiger partial charge is 0.397 e. The highest BCUT2D eigenvalue weighted by atomic mass is 33.2. The summed E-state index contributed by atoms with van der Waals surface area (Å²) in [5.74, 6) is -0.833. The lowest BCUT2D eigenvalue weighted by Crippen LogP contribution is -2.11. The summed E-state index contributed by atoms with van der Waals surface area (Å²) in [6.07, 6.45) is 0. The lowest BCUT2D eigenvalue weighted by Gasteiger charge is -1.84. The van der Waals surface area contributed by atoms with Crippen LogP contribution in [0.1, 0.15) is 6.92 Å². The second-order valence-electron chi connectivity index (χ2n) is 1.37. The fraction of sp³-hybridized carbons (Fsp3) is 0.500. The van der Waals surface area contributed by atoms with E-state index in [0.29, 0.717) is 0 Å². The fourth-order valence-corrected chi connectivity index (χ4v) is 0. The zero-order chi connectivity index (χ0) is 10.6. The van der Waals surface area contributed by atoms with Gasteiger partial charge in [0, 0.05) is 6.92 Å². The van der Waals surface area contributed by atoms with Crippen LogP contribution in [0.3, 0.4) is 0 Å². The summed E-state index contributed by atoms with van der Waals surface area (Å²) in [7, 11) is -10.6. The number of hydrogen-bond acceptors (Lipinski definition) is 5. The summed E-state index contributed by atoms with van der Waals surface area (Å²) < 4.78 is 52.5. The Labute approximate surface area is 67.7 Å². The standard InChI is InChI=1S/C2H4O2.H2O6S2/c1-2(3)4;1-7(2,3)8(4,5)6/h1H3,(H,3,4);(H,1,2,3)(H,4,5,6). The van der Waals surface area contributed by atoms with Gasteiger partial charge in [-0.25, -0.2) is 0 Å². The highest BCUT2D eigenvalue weighted by molar-refractivity contribution is 8.62. The Balaban J connectivity index is 0. The zero-order valence-corrected chi connectivity index (χ0v) is 7.33. The van der Waals surface area contributed by atoms with Gasteiger partial charge < -0.3 is 5.11 Å². The van der Waals surface area contributed by atoms with E-state index in [0.717, 1.165) is 6.92 Å². The second kappa shape index (κ2) is 4.35. The van der Waals surface area contributed by atoms with Gasteiger partial charge in [0.05, 0.1) is 0 Å². The minimum Gasteiger partial charge on any atom is -0.481 e. The minimum atomic E-state index is -5.31. The molecule has 0 rings (SSSR count). The van der Waals surface area contributed by atoms with Crippen LogP contribution in [0, 0.1) is 0 Å². The van der Waals surface area contributed by atoms with Crippen molar-refractivity contribution in [3.8, 4) is 0 Å². The van der Waals surface area contributed by atoms with E-state index in [4.69, 9.17) is 19.0 Å². The maximum atomic E-state index is 9.37. The molecule has 0 saturated heterocycles. The molecule has 74 valence electrons. The van der Waals surface area contributed by atoms with Crippen molar-refractivity contribution in [3.05, 3.63) is 0 Å². The molecular formula is C2H6O8S2. The van der Waals surface area contributed by atoms with Crippen molar-refractivity contribution in [1.82, 2.24) is 0 Å². The molecule has 0 aromatic rings. The summed E-state index contributed by atoms with van der Waals surface area (Å²) in [5, 5.41) is 7.42. The van der Waals surface area contributed by atoms with Crippen molar-refractivity contribution >= 4 is 24.3 Å². The highest BCUT2D eigenvalue weighted by Crippen LogP contribution is 1.90. The average molecular weight is 222 g/mol. The first-order valence-corrected chi connectivity index (χ1v) is 5.52. The third-order valence-electron chi connectivity index (χ3n) is 0.266. The third kappa shape index (κ3) is 9.29. The minimum absolute atomic E-state index is 0.833. The third-order valence-corrected chi connectivity index (χ3v) is 2.40. The van der Waals surface area contributed by atoms with Crippen LogP contribution in [-0.4, -0.2) is 37.0 Å². The molecule has 0 aliphatic carbocycles. The van der Waals surface area contributed by atoms with Gasteiger partial charge in [-0.05, 0) is 0 Å². The first kappa shape index (κ1) is 13.9. The van der Waals surface area contributed by atoms with Crippen molar-refractivity contribution in [2.75, 3.05) is 0 Å². The Morgan fingerprint density at radius 2 is 1.08 bits per heavy atom. The molecule has 0 saturated carbocycles. The molecule has 0 aromatic carbocycles. The van der Waals surface area contributed by atoms with E-state index >= 15 is 0 Å². The molecule has 0 unspecified atom stereocenters. The van der Waals surface area contributed by atoms with Crippen molar-refractivity contribution in [2.24, 2.45) is 0 Å². The normalized spacial score (nSPS) is 11.2. The van der Waals surface area contributed by atoms with Gasteiger partial charge in [0.2, 0.25) is 0 Å². The molecule has 0 aliphatic heterocycles. The van der Waals surface area contributed by atoms with Crippen LogP contribution in [0.2, 0.25) is 0 Å². The Morgan fingerprint density at radius 1 is 1.00 bits per heavy atom. The number of carboxylic acid groups (broad SMARTS) is 1. The van der Waals surface area contributed by atoms with E-state index in [1.807, 2.05) is 0 Å². The first-order chi connectivity index (χ1) is 4.98. The van der Waals surface area contributed by atoms with Gasteiger partial charge in [-0.2, -0.15) is 16.8 Å². The molecule has 3 N–H and O–H groups in total. The van der Waals surface area contributed by atoms with E-state index in [-0.39, 0.29) is 0 Å². The molecule has 0 radical (unpaired) electrons. The highest BCUT2D eigenvalue weighted by Gasteiger charge is 2.22. The molecule has 0 heterocycles. The molecule has 0 aliphatic rings. The molecule has 10 heteroatoms. The zero-order valence-electron chi connectivity index (χ0n) is 5.70. The largest absolute Gasteiger partial charge is 0.481 e.